The number of aromatic nitrogens is 2. The first kappa shape index (κ1) is 29.9. The van der Waals surface area contributed by atoms with Crippen molar-refractivity contribution >= 4 is 68.1 Å². The van der Waals surface area contributed by atoms with Crippen molar-refractivity contribution in [2.75, 3.05) is 0 Å². The van der Waals surface area contributed by atoms with Crippen LogP contribution in [0.2, 0.25) is 0 Å². The molecule has 0 radical (unpaired) electrons. The van der Waals surface area contributed by atoms with Gasteiger partial charge >= 0.3 is 0 Å². The number of fused-ring (bicyclic) bond motifs is 1. The minimum Gasteiger partial charge on any atom is -0.192 e. The molecule has 0 spiro atoms. The Morgan fingerprint density at radius 3 is 1.33 bits per heavy atom. The van der Waals surface area contributed by atoms with E-state index in [2.05, 4.69) is 97.1 Å². The summed E-state index contributed by atoms with van der Waals surface area (Å²) in [7, 11) is 0. The van der Waals surface area contributed by atoms with Gasteiger partial charge in [0.1, 0.15) is 23.2 Å². The molecule has 6 rings (SSSR count). The van der Waals surface area contributed by atoms with Crippen LogP contribution in [0.5, 0.6) is 0 Å². The highest BCUT2D eigenvalue weighted by Crippen LogP contribution is 2.47. The lowest BCUT2D eigenvalue weighted by atomic mass is 9.93. The third kappa shape index (κ3) is 6.11. The molecule has 1 aromatic carbocycles. The normalized spacial score (nSPS) is 11.5. The summed E-state index contributed by atoms with van der Waals surface area (Å²) >= 11 is 8.09. The predicted molar refractivity (Wildman–Crippen MR) is 186 cm³/mol. The van der Waals surface area contributed by atoms with Gasteiger partial charge in [-0.15, -0.1) is 45.3 Å². The fraction of sp³-hybridized carbons (Fsp3) is 0.294. The third-order valence-electron chi connectivity index (χ3n) is 7.39. The largest absolute Gasteiger partial charge is 0.192 e. The summed E-state index contributed by atoms with van der Waals surface area (Å²) in [6.07, 6.45) is 4.54. The molecule has 0 unspecified atom stereocenters. The van der Waals surface area contributed by atoms with E-state index in [0.29, 0.717) is 45.1 Å². The first-order valence-electron chi connectivity index (χ1n) is 14.4. The van der Waals surface area contributed by atoms with Crippen molar-refractivity contribution in [1.29, 1.82) is 10.5 Å². The minimum absolute atomic E-state index is 0.372. The van der Waals surface area contributed by atoms with Crippen LogP contribution in [0.1, 0.15) is 61.4 Å². The van der Waals surface area contributed by atoms with E-state index in [9.17, 15) is 10.5 Å². The molecule has 43 heavy (non-hydrogen) atoms. The summed E-state index contributed by atoms with van der Waals surface area (Å²) in [6, 6.07) is 22.0. The first-order chi connectivity index (χ1) is 20.9. The van der Waals surface area contributed by atoms with E-state index in [1.807, 2.05) is 22.7 Å². The number of aryl methyl sites for hydroxylation is 2. The Bertz CT molecular complexity index is 1840. The highest BCUT2D eigenvalue weighted by atomic mass is 32.1. The van der Waals surface area contributed by atoms with Gasteiger partial charge < -0.3 is 0 Å². The van der Waals surface area contributed by atoms with Gasteiger partial charge in [-0.25, -0.2) is 0 Å². The Hall–Kier alpha value is -3.18. The summed E-state index contributed by atoms with van der Waals surface area (Å²) in [5, 5.41) is 20.9. The molecule has 4 nitrogen and oxygen atoms in total. The molecule has 0 N–H and O–H groups in total. The Kier molecular flexibility index (Phi) is 8.90. The number of nitrogens with zero attached hydrogens (tertiary/aromatic N) is 4. The number of rotatable bonds is 10. The van der Waals surface area contributed by atoms with E-state index < -0.39 is 0 Å². The maximum Gasteiger partial charge on any atom is 0.115 e. The monoisotopic (exact) mass is 654 g/mol. The van der Waals surface area contributed by atoms with Crippen LogP contribution in [-0.4, -0.2) is 8.75 Å². The van der Waals surface area contributed by atoms with E-state index in [-0.39, 0.29) is 0 Å². The molecule has 0 saturated heterocycles. The quantitative estimate of drug-likeness (QED) is 0.147. The molecule has 0 saturated carbocycles. The Balaban J connectivity index is 1.39. The summed E-state index contributed by atoms with van der Waals surface area (Å²) in [6.45, 7) is 9.03. The van der Waals surface area contributed by atoms with Crippen LogP contribution in [0.3, 0.4) is 0 Å². The van der Waals surface area contributed by atoms with E-state index in [1.165, 1.54) is 32.4 Å². The molecule has 9 heteroatoms. The zero-order valence-electron chi connectivity index (χ0n) is 24.4. The van der Waals surface area contributed by atoms with Crippen molar-refractivity contribution in [2.45, 2.75) is 53.4 Å². The third-order valence-corrected chi connectivity index (χ3v) is 12.8. The maximum absolute atomic E-state index is 10.4. The van der Waals surface area contributed by atoms with Crippen LogP contribution < -0.4 is 0 Å². The molecule has 0 amide bonds. The van der Waals surface area contributed by atoms with E-state index >= 15 is 0 Å². The number of nitriles is 2. The van der Waals surface area contributed by atoms with Crippen LogP contribution in [0.25, 0.3) is 51.4 Å². The van der Waals surface area contributed by atoms with Crippen LogP contribution in [0.15, 0.2) is 48.5 Å². The van der Waals surface area contributed by atoms with E-state index in [4.69, 9.17) is 0 Å². The van der Waals surface area contributed by atoms with Crippen LogP contribution in [-0.2, 0) is 12.8 Å². The van der Waals surface area contributed by atoms with Gasteiger partial charge in [-0.1, -0.05) is 27.7 Å². The molecule has 0 bridgehead atoms. The van der Waals surface area contributed by atoms with Crippen LogP contribution in [0, 0.1) is 34.5 Å². The van der Waals surface area contributed by atoms with Crippen molar-refractivity contribution in [3.05, 3.63) is 69.4 Å². The smallest absolute Gasteiger partial charge is 0.115 e. The van der Waals surface area contributed by atoms with Crippen molar-refractivity contribution in [2.24, 2.45) is 11.8 Å². The van der Waals surface area contributed by atoms with Gasteiger partial charge in [-0.05, 0) is 86.1 Å². The molecular formula is C34H30N4S5. The van der Waals surface area contributed by atoms with Gasteiger partial charge in [0.05, 0.1) is 22.9 Å². The fourth-order valence-corrected chi connectivity index (χ4v) is 9.97. The second kappa shape index (κ2) is 12.8. The highest BCUT2D eigenvalue weighted by Gasteiger charge is 2.26. The molecule has 5 aromatic heterocycles. The molecule has 216 valence electrons. The van der Waals surface area contributed by atoms with E-state index in [1.54, 1.807) is 22.7 Å². The van der Waals surface area contributed by atoms with Gasteiger partial charge in [0.25, 0.3) is 0 Å². The highest BCUT2D eigenvalue weighted by molar-refractivity contribution is 7.24. The minimum atomic E-state index is 0.372. The number of hydrogen-bond donors (Lipinski definition) is 0. The summed E-state index contributed by atoms with van der Waals surface area (Å²) in [5.74, 6) is 1.36. The van der Waals surface area contributed by atoms with Crippen molar-refractivity contribution in [3.8, 4) is 52.5 Å². The van der Waals surface area contributed by atoms with Crippen LogP contribution in [0.4, 0.5) is 0 Å². The lowest BCUT2D eigenvalue weighted by Gasteiger charge is -2.10. The van der Waals surface area contributed by atoms with Gasteiger partial charge in [0, 0.05) is 50.1 Å². The van der Waals surface area contributed by atoms with Gasteiger partial charge in [0.2, 0.25) is 0 Å². The molecular weight excluding hydrogens is 625 g/mol. The Labute approximate surface area is 272 Å². The molecule has 0 aliphatic rings. The Morgan fingerprint density at radius 1 is 0.558 bits per heavy atom. The van der Waals surface area contributed by atoms with Crippen LogP contribution >= 0.6 is 57.1 Å². The zero-order chi connectivity index (χ0) is 30.1. The number of benzene rings is 1. The standard InChI is InChI=1S/C34H30N4S5/c1-19(2)5-7-21-9-11-25(39-21)27-13-15-29(41-27)31-23(17-35)24(18-36)32(34-33(31)37-43-38-34)30-16-14-28(42-30)26-12-10-22(40-26)8-6-20(3)4/h9-16,19-20H,5-8H2,1-4H3. The van der Waals surface area contributed by atoms with E-state index in [0.717, 1.165) is 44.1 Å². The van der Waals surface area contributed by atoms with Gasteiger partial charge in [0.15, 0.2) is 0 Å². The lowest BCUT2D eigenvalue weighted by Crippen LogP contribution is -1.95. The molecule has 0 atom stereocenters. The Morgan fingerprint density at radius 2 is 0.930 bits per heavy atom. The van der Waals surface area contributed by atoms with Gasteiger partial charge in [-0.3, -0.25) is 0 Å². The SMILES string of the molecule is CC(C)CCc1ccc(-c2ccc(-c3c(C#N)c(C#N)c(-c4ccc(-c5ccc(CCC(C)C)s5)s4)c4nsnc34)s2)s1. The molecule has 0 fully saturated rings. The topological polar surface area (TPSA) is 73.4 Å². The van der Waals surface area contributed by atoms with Crippen molar-refractivity contribution < 1.29 is 0 Å². The maximum atomic E-state index is 10.4. The summed E-state index contributed by atoms with van der Waals surface area (Å²) in [4.78, 5) is 9.42. The summed E-state index contributed by atoms with van der Waals surface area (Å²) in [5.41, 5.74) is 3.55. The average molecular weight is 655 g/mol. The molecule has 0 aliphatic heterocycles. The summed E-state index contributed by atoms with van der Waals surface area (Å²) < 4.78 is 9.36. The first-order valence-corrected chi connectivity index (χ1v) is 18.4. The molecule has 0 aliphatic carbocycles. The van der Waals surface area contributed by atoms with Crippen molar-refractivity contribution in [3.63, 3.8) is 0 Å². The average Bonchev–Trinajstić information content (AvgIpc) is 3.83. The zero-order valence-corrected chi connectivity index (χ0v) is 28.5. The second-order valence-corrected chi connectivity index (χ2v) is 16.4. The van der Waals surface area contributed by atoms with Gasteiger partial charge in [-0.2, -0.15) is 19.3 Å². The number of thiophene rings is 4. The molecule has 5 heterocycles. The lowest BCUT2D eigenvalue weighted by molar-refractivity contribution is 0.590. The number of hydrogen-bond acceptors (Lipinski definition) is 9. The second-order valence-electron chi connectivity index (χ2n) is 11.4. The fourth-order valence-electron chi connectivity index (χ4n) is 5.07. The predicted octanol–water partition coefficient (Wildman–Crippen LogP) is 11.5. The molecule has 6 aromatic rings. The van der Waals surface area contributed by atoms with Crippen molar-refractivity contribution in [1.82, 2.24) is 8.75 Å².